The Balaban J connectivity index is 2.21. The Kier molecular flexibility index (Phi) is 2.86. The molecule has 0 aliphatic carbocycles. The Morgan fingerprint density at radius 2 is 2.00 bits per heavy atom. The van der Waals surface area contributed by atoms with Crippen molar-refractivity contribution in [3.8, 4) is 22.9 Å². The van der Waals surface area contributed by atoms with Crippen molar-refractivity contribution in [3.05, 3.63) is 24.5 Å². The van der Waals surface area contributed by atoms with E-state index in [1.165, 1.54) is 6.33 Å². The SMILES string of the molecule is COc1ccc(OC)c(-c2nc3ncnc(N)c3[nH]2)c1. The van der Waals surface area contributed by atoms with Gasteiger partial charge in [0.25, 0.3) is 0 Å². The molecule has 3 N–H and O–H groups in total. The van der Waals surface area contributed by atoms with Crippen LogP contribution in [0, 0.1) is 0 Å². The molecule has 0 amide bonds. The second-order valence-electron chi connectivity index (χ2n) is 4.11. The fourth-order valence-electron chi connectivity index (χ4n) is 1.97. The van der Waals surface area contributed by atoms with Gasteiger partial charge in [0.1, 0.15) is 29.2 Å². The van der Waals surface area contributed by atoms with Crippen molar-refractivity contribution in [2.75, 3.05) is 20.0 Å². The van der Waals surface area contributed by atoms with E-state index in [0.717, 1.165) is 5.56 Å². The lowest BCUT2D eigenvalue weighted by molar-refractivity contribution is 0.404. The van der Waals surface area contributed by atoms with E-state index >= 15 is 0 Å². The quantitative estimate of drug-likeness (QED) is 0.751. The van der Waals surface area contributed by atoms with Gasteiger partial charge in [0.15, 0.2) is 11.5 Å². The van der Waals surface area contributed by atoms with Gasteiger partial charge in [0.05, 0.1) is 19.8 Å². The van der Waals surface area contributed by atoms with Crippen LogP contribution in [0.1, 0.15) is 0 Å². The zero-order valence-electron chi connectivity index (χ0n) is 11.0. The van der Waals surface area contributed by atoms with E-state index in [1.54, 1.807) is 14.2 Å². The van der Waals surface area contributed by atoms with Gasteiger partial charge < -0.3 is 20.2 Å². The van der Waals surface area contributed by atoms with Crippen molar-refractivity contribution >= 4 is 17.0 Å². The summed E-state index contributed by atoms with van der Waals surface area (Å²) >= 11 is 0. The minimum absolute atomic E-state index is 0.357. The monoisotopic (exact) mass is 271 g/mol. The van der Waals surface area contributed by atoms with Crippen LogP contribution in [0.4, 0.5) is 5.82 Å². The molecule has 0 aliphatic heterocycles. The summed E-state index contributed by atoms with van der Waals surface area (Å²) in [5.74, 6) is 2.34. The molecule has 7 nitrogen and oxygen atoms in total. The fourth-order valence-corrected chi connectivity index (χ4v) is 1.97. The van der Waals surface area contributed by atoms with E-state index in [4.69, 9.17) is 15.2 Å². The van der Waals surface area contributed by atoms with Crippen molar-refractivity contribution in [2.24, 2.45) is 0 Å². The number of nitrogens with zero attached hydrogens (tertiary/aromatic N) is 3. The lowest BCUT2D eigenvalue weighted by atomic mass is 10.2. The minimum Gasteiger partial charge on any atom is -0.497 e. The molecule has 0 aliphatic rings. The van der Waals surface area contributed by atoms with E-state index < -0.39 is 0 Å². The molecule has 7 heteroatoms. The van der Waals surface area contributed by atoms with Crippen LogP contribution < -0.4 is 15.2 Å². The second kappa shape index (κ2) is 4.69. The molecular formula is C13H13N5O2. The molecule has 0 fully saturated rings. The van der Waals surface area contributed by atoms with Gasteiger partial charge in [-0.15, -0.1) is 0 Å². The molecule has 0 bridgehead atoms. The number of H-pyrrole nitrogens is 1. The number of nitrogen functional groups attached to an aromatic ring is 1. The number of hydrogen-bond acceptors (Lipinski definition) is 6. The summed E-state index contributed by atoms with van der Waals surface area (Å²) in [6.45, 7) is 0. The smallest absolute Gasteiger partial charge is 0.183 e. The third kappa shape index (κ3) is 1.89. The first-order chi connectivity index (χ1) is 9.72. The van der Waals surface area contributed by atoms with Gasteiger partial charge in [-0.3, -0.25) is 0 Å². The number of imidazole rings is 1. The summed E-state index contributed by atoms with van der Waals surface area (Å²) in [6.07, 6.45) is 1.38. The van der Waals surface area contributed by atoms with Crippen molar-refractivity contribution in [3.63, 3.8) is 0 Å². The molecule has 0 unspecified atom stereocenters. The third-order valence-electron chi connectivity index (χ3n) is 2.98. The van der Waals surface area contributed by atoms with Gasteiger partial charge in [-0.05, 0) is 18.2 Å². The standard InChI is InChI=1S/C13H13N5O2/c1-19-7-3-4-9(20-2)8(5-7)12-17-10-11(14)15-6-16-13(10)18-12/h3-6H,1-2H3,(H3,14,15,16,17,18). The molecule has 20 heavy (non-hydrogen) atoms. The van der Waals surface area contributed by atoms with Crippen molar-refractivity contribution in [1.82, 2.24) is 19.9 Å². The maximum absolute atomic E-state index is 5.80. The third-order valence-corrected chi connectivity index (χ3v) is 2.98. The first-order valence-corrected chi connectivity index (χ1v) is 5.91. The number of fused-ring (bicyclic) bond motifs is 1. The Morgan fingerprint density at radius 3 is 2.70 bits per heavy atom. The van der Waals surface area contributed by atoms with E-state index in [2.05, 4.69) is 19.9 Å². The van der Waals surface area contributed by atoms with Gasteiger partial charge in [0, 0.05) is 0 Å². The number of nitrogens with two attached hydrogens (primary N) is 1. The fraction of sp³-hybridized carbons (Fsp3) is 0.154. The van der Waals surface area contributed by atoms with Crippen LogP contribution in [-0.2, 0) is 0 Å². The second-order valence-corrected chi connectivity index (χ2v) is 4.11. The molecule has 0 saturated heterocycles. The molecule has 0 atom stereocenters. The van der Waals surface area contributed by atoms with E-state index in [9.17, 15) is 0 Å². The number of anilines is 1. The lowest BCUT2D eigenvalue weighted by Crippen LogP contribution is -1.92. The highest BCUT2D eigenvalue weighted by molar-refractivity contribution is 5.85. The summed E-state index contributed by atoms with van der Waals surface area (Å²) in [6, 6.07) is 5.47. The Labute approximate surface area is 114 Å². The van der Waals surface area contributed by atoms with Crippen LogP contribution in [0.15, 0.2) is 24.5 Å². The van der Waals surface area contributed by atoms with Crippen LogP contribution >= 0.6 is 0 Å². The maximum Gasteiger partial charge on any atom is 0.183 e. The predicted octanol–water partition coefficient (Wildman–Crippen LogP) is 1.62. The topological polar surface area (TPSA) is 98.9 Å². The molecule has 3 rings (SSSR count). The largest absolute Gasteiger partial charge is 0.497 e. The lowest BCUT2D eigenvalue weighted by Gasteiger charge is -2.08. The van der Waals surface area contributed by atoms with Gasteiger partial charge >= 0.3 is 0 Å². The first kappa shape index (κ1) is 12.2. The highest BCUT2D eigenvalue weighted by Crippen LogP contribution is 2.32. The van der Waals surface area contributed by atoms with Crippen LogP contribution in [0.2, 0.25) is 0 Å². The molecular weight excluding hydrogens is 258 g/mol. The summed E-state index contributed by atoms with van der Waals surface area (Å²) in [5.41, 5.74) is 7.68. The highest BCUT2D eigenvalue weighted by atomic mass is 16.5. The molecule has 1 aromatic carbocycles. The molecule has 0 saturated carbocycles. The molecule has 3 aromatic rings. The molecule has 102 valence electrons. The van der Waals surface area contributed by atoms with Crippen LogP contribution in [0.25, 0.3) is 22.6 Å². The maximum atomic E-state index is 5.80. The van der Waals surface area contributed by atoms with Crippen molar-refractivity contribution in [2.45, 2.75) is 0 Å². The number of rotatable bonds is 3. The number of methoxy groups -OCH3 is 2. The van der Waals surface area contributed by atoms with Gasteiger partial charge in [-0.2, -0.15) is 0 Å². The number of hydrogen-bond donors (Lipinski definition) is 2. The molecule has 2 heterocycles. The zero-order valence-corrected chi connectivity index (χ0v) is 11.0. The number of ether oxygens (including phenoxy) is 2. The van der Waals surface area contributed by atoms with Gasteiger partial charge in [-0.1, -0.05) is 0 Å². The van der Waals surface area contributed by atoms with Crippen LogP contribution in [0.5, 0.6) is 11.5 Å². The van der Waals surface area contributed by atoms with E-state index in [1.807, 2.05) is 18.2 Å². The predicted molar refractivity (Wildman–Crippen MR) is 74.6 cm³/mol. The molecule has 0 spiro atoms. The van der Waals surface area contributed by atoms with E-state index in [-0.39, 0.29) is 0 Å². The summed E-state index contributed by atoms with van der Waals surface area (Å²) in [5, 5.41) is 0. The minimum atomic E-state index is 0.357. The Morgan fingerprint density at radius 1 is 1.15 bits per heavy atom. The molecule has 2 aromatic heterocycles. The summed E-state index contributed by atoms with van der Waals surface area (Å²) in [4.78, 5) is 15.5. The van der Waals surface area contributed by atoms with Gasteiger partial charge in [0.2, 0.25) is 0 Å². The molecule has 0 radical (unpaired) electrons. The van der Waals surface area contributed by atoms with Gasteiger partial charge in [-0.25, -0.2) is 15.0 Å². The van der Waals surface area contributed by atoms with E-state index in [0.29, 0.717) is 34.3 Å². The highest BCUT2D eigenvalue weighted by Gasteiger charge is 2.14. The zero-order chi connectivity index (χ0) is 14.1. The summed E-state index contributed by atoms with van der Waals surface area (Å²) in [7, 11) is 3.20. The average molecular weight is 271 g/mol. The van der Waals surface area contributed by atoms with Crippen LogP contribution in [0.3, 0.4) is 0 Å². The number of aromatic nitrogens is 4. The first-order valence-electron chi connectivity index (χ1n) is 5.91. The van der Waals surface area contributed by atoms with Crippen LogP contribution in [-0.4, -0.2) is 34.2 Å². The Hall–Kier alpha value is -2.83. The van der Waals surface area contributed by atoms with Crippen molar-refractivity contribution in [1.29, 1.82) is 0 Å². The average Bonchev–Trinajstić information content (AvgIpc) is 2.92. The van der Waals surface area contributed by atoms with Crippen molar-refractivity contribution < 1.29 is 9.47 Å². The summed E-state index contributed by atoms with van der Waals surface area (Å²) < 4.78 is 10.6. The normalized spacial score (nSPS) is 10.7. The number of aromatic amines is 1. The Bertz CT molecular complexity index is 769. The number of benzene rings is 1. The number of nitrogens with one attached hydrogen (secondary N) is 1.